The van der Waals surface area contributed by atoms with Gasteiger partial charge in [-0.15, -0.1) is 11.3 Å². The quantitative estimate of drug-likeness (QED) is 0.600. The predicted molar refractivity (Wildman–Crippen MR) is 97.8 cm³/mol. The van der Waals surface area contributed by atoms with Gasteiger partial charge in [0.25, 0.3) is 0 Å². The predicted octanol–water partition coefficient (Wildman–Crippen LogP) is 5.21. The third kappa shape index (κ3) is 3.71. The summed E-state index contributed by atoms with van der Waals surface area (Å²) in [6.45, 7) is 6.04. The third-order valence-electron chi connectivity index (χ3n) is 3.72. The molecule has 0 spiro atoms. The summed E-state index contributed by atoms with van der Waals surface area (Å²) in [5.74, 6) is 0.855. The van der Waals surface area contributed by atoms with E-state index in [1.807, 2.05) is 31.2 Å². The average Bonchev–Trinajstić information content (AvgIpc) is 2.97. The average molecular weight is 337 g/mol. The van der Waals surface area contributed by atoms with E-state index < -0.39 is 0 Å². The molecule has 0 unspecified atom stereocenters. The van der Waals surface area contributed by atoms with E-state index in [1.54, 1.807) is 6.92 Å². The first-order valence-electron chi connectivity index (χ1n) is 7.80. The summed E-state index contributed by atoms with van der Waals surface area (Å²) in [7, 11) is 0. The molecule has 0 saturated heterocycles. The van der Waals surface area contributed by atoms with Crippen molar-refractivity contribution in [1.82, 2.24) is 4.98 Å². The van der Waals surface area contributed by atoms with Gasteiger partial charge in [-0.25, -0.2) is 4.98 Å². The molecule has 1 heterocycles. The van der Waals surface area contributed by atoms with Gasteiger partial charge in [-0.05, 0) is 31.5 Å². The number of ether oxygens (including phenoxy) is 1. The number of hydrogen-bond donors (Lipinski definition) is 0. The van der Waals surface area contributed by atoms with Crippen LogP contribution < -0.4 is 4.74 Å². The molecule has 0 aliphatic carbocycles. The zero-order valence-corrected chi connectivity index (χ0v) is 14.8. The van der Waals surface area contributed by atoms with E-state index >= 15 is 0 Å². The van der Waals surface area contributed by atoms with Gasteiger partial charge in [0.05, 0.1) is 10.6 Å². The Bertz CT molecular complexity index is 866. The van der Waals surface area contributed by atoms with Crippen LogP contribution in [-0.2, 0) is 6.61 Å². The Labute approximate surface area is 146 Å². The van der Waals surface area contributed by atoms with E-state index in [1.165, 1.54) is 16.9 Å². The van der Waals surface area contributed by atoms with Crippen molar-refractivity contribution in [3.05, 3.63) is 70.2 Å². The summed E-state index contributed by atoms with van der Waals surface area (Å²) >= 11 is 1.43. The second-order valence-electron chi connectivity index (χ2n) is 5.79. The number of aryl methyl sites for hydroxylation is 2. The van der Waals surface area contributed by atoms with Crippen molar-refractivity contribution in [2.45, 2.75) is 27.4 Å². The number of ketones is 1. The van der Waals surface area contributed by atoms with Crippen molar-refractivity contribution in [2.24, 2.45) is 0 Å². The highest BCUT2D eigenvalue weighted by Crippen LogP contribution is 2.30. The van der Waals surface area contributed by atoms with Gasteiger partial charge >= 0.3 is 0 Å². The molecule has 3 aromatic rings. The highest BCUT2D eigenvalue weighted by Gasteiger charge is 2.13. The minimum Gasteiger partial charge on any atom is -0.489 e. The Morgan fingerprint density at radius 2 is 1.88 bits per heavy atom. The molecule has 1 aromatic heterocycles. The number of carbonyl (C=O) groups is 1. The number of rotatable bonds is 5. The molecule has 0 fully saturated rings. The van der Waals surface area contributed by atoms with Gasteiger partial charge < -0.3 is 4.74 Å². The topological polar surface area (TPSA) is 39.2 Å². The summed E-state index contributed by atoms with van der Waals surface area (Å²) < 4.78 is 5.89. The molecule has 0 radical (unpaired) electrons. The summed E-state index contributed by atoms with van der Waals surface area (Å²) in [5.41, 5.74) is 4.13. The van der Waals surface area contributed by atoms with E-state index in [0.717, 1.165) is 32.5 Å². The Hall–Kier alpha value is -2.46. The van der Waals surface area contributed by atoms with Crippen LogP contribution in [0.1, 0.15) is 33.4 Å². The van der Waals surface area contributed by atoms with E-state index in [9.17, 15) is 4.79 Å². The lowest BCUT2D eigenvalue weighted by molar-refractivity contribution is 0.102. The number of Topliss-reactive ketones (excluding diaryl/α,β-unsaturated/α-hetero) is 1. The van der Waals surface area contributed by atoms with E-state index in [4.69, 9.17) is 4.74 Å². The van der Waals surface area contributed by atoms with Crippen molar-refractivity contribution < 1.29 is 9.53 Å². The Kier molecular flexibility index (Phi) is 4.76. The van der Waals surface area contributed by atoms with Crippen LogP contribution >= 0.6 is 11.3 Å². The summed E-state index contributed by atoms with van der Waals surface area (Å²) in [4.78, 5) is 16.8. The highest BCUT2D eigenvalue weighted by atomic mass is 32.1. The maximum Gasteiger partial charge on any atom is 0.171 e. The summed E-state index contributed by atoms with van der Waals surface area (Å²) in [6, 6.07) is 16.1. The molecule has 2 aromatic carbocycles. The monoisotopic (exact) mass is 337 g/mol. The summed E-state index contributed by atoms with van der Waals surface area (Å²) in [5, 5.41) is 0.846. The van der Waals surface area contributed by atoms with E-state index in [-0.39, 0.29) is 5.78 Å². The van der Waals surface area contributed by atoms with Crippen molar-refractivity contribution in [3.63, 3.8) is 0 Å². The molecule has 0 amide bonds. The largest absolute Gasteiger partial charge is 0.489 e. The van der Waals surface area contributed by atoms with Crippen LogP contribution in [-0.4, -0.2) is 10.8 Å². The molecule has 0 N–H and O–H groups in total. The fourth-order valence-electron chi connectivity index (χ4n) is 2.42. The first-order chi connectivity index (χ1) is 11.5. The van der Waals surface area contributed by atoms with Crippen molar-refractivity contribution >= 4 is 17.1 Å². The van der Waals surface area contributed by atoms with Crippen LogP contribution in [0, 0.1) is 13.8 Å². The van der Waals surface area contributed by atoms with Gasteiger partial charge in [0.15, 0.2) is 5.78 Å². The zero-order valence-electron chi connectivity index (χ0n) is 14.0. The molecule has 0 bridgehead atoms. The SMILES string of the molecule is CC(=O)c1sc(-c2cccc(OCc3ccc(C)cc3)c2)nc1C. The minimum absolute atomic E-state index is 0.0584. The molecule has 0 aliphatic rings. The molecule has 0 atom stereocenters. The number of aromatic nitrogens is 1. The van der Waals surface area contributed by atoms with Crippen molar-refractivity contribution in [3.8, 4) is 16.3 Å². The van der Waals surface area contributed by atoms with Gasteiger partial charge in [0.2, 0.25) is 0 Å². The second kappa shape index (κ2) is 6.97. The van der Waals surface area contributed by atoms with E-state index in [2.05, 4.69) is 36.2 Å². The lowest BCUT2D eigenvalue weighted by Gasteiger charge is -2.07. The van der Waals surface area contributed by atoms with Crippen LogP contribution in [0.4, 0.5) is 0 Å². The Morgan fingerprint density at radius 1 is 1.12 bits per heavy atom. The van der Waals surface area contributed by atoms with Crippen molar-refractivity contribution in [2.75, 3.05) is 0 Å². The molecule has 3 nitrogen and oxygen atoms in total. The molecule has 0 saturated carbocycles. The van der Waals surface area contributed by atoms with Gasteiger partial charge in [-0.3, -0.25) is 4.79 Å². The fourth-order valence-corrected chi connectivity index (χ4v) is 3.37. The number of nitrogens with zero attached hydrogens (tertiary/aromatic N) is 1. The van der Waals surface area contributed by atoms with Gasteiger partial charge in [0.1, 0.15) is 17.4 Å². The first kappa shape index (κ1) is 16.4. The highest BCUT2D eigenvalue weighted by molar-refractivity contribution is 7.17. The van der Waals surface area contributed by atoms with Gasteiger partial charge in [-0.1, -0.05) is 42.0 Å². The second-order valence-corrected chi connectivity index (χ2v) is 6.79. The number of hydrogen-bond acceptors (Lipinski definition) is 4. The number of carbonyl (C=O) groups excluding carboxylic acids is 1. The maximum atomic E-state index is 11.6. The lowest BCUT2D eigenvalue weighted by Crippen LogP contribution is -1.95. The minimum atomic E-state index is 0.0584. The molecule has 122 valence electrons. The van der Waals surface area contributed by atoms with Crippen LogP contribution in [0.15, 0.2) is 48.5 Å². The van der Waals surface area contributed by atoms with Gasteiger partial charge in [0, 0.05) is 12.5 Å². The van der Waals surface area contributed by atoms with Crippen molar-refractivity contribution in [1.29, 1.82) is 0 Å². The Balaban J connectivity index is 1.77. The zero-order chi connectivity index (χ0) is 17.1. The first-order valence-corrected chi connectivity index (χ1v) is 8.62. The maximum absolute atomic E-state index is 11.6. The van der Waals surface area contributed by atoms with E-state index in [0.29, 0.717) is 6.61 Å². The van der Waals surface area contributed by atoms with Gasteiger partial charge in [-0.2, -0.15) is 0 Å². The molecule has 4 heteroatoms. The smallest absolute Gasteiger partial charge is 0.171 e. The lowest BCUT2D eigenvalue weighted by atomic mass is 10.2. The van der Waals surface area contributed by atoms with Crippen LogP contribution in [0.5, 0.6) is 5.75 Å². The fraction of sp³-hybridized carbons (Fsp3) is 0.200. The third-order valence-corrected chi connectivity index (χ3v) is 5.03. The Morgan fingerprint density at radius 3 is 2.54 bits per heavy atom. The number of benzene rings is 2. The normalized spacial score (nSPS) is 10.6. The number of thiazole rings is 1. The standard InChI is InChI=1S/C20H19NO2S/c1-13-7-9-16(10-8-13)12-23-18-6-4-5-17(11-18)20-21-14(2)19(24-20)15(3)22/h4-11H,12H2,1-3H3. The van der Waals surface area contributed by atoms with Crippen LogP contribution in [0.3, 0.4) is 0 Å². The van der Waals surface area contributed by atoms with Crippen LogP contribution in [0.25, 0.3) is 10.6 Å². The molecular weight excluding hydrogens is 318 g/mol. The summed E-state index contributed by atoms with van der Waals surface area (Å²) in [6.07, 6.45) is 0. The molecule has 24 heavy (non-hydrogen) atoms. The molecular formula is C20H19NO2S. The molecule has 3 rings (SSSR count). The van der Waals surface area contributed by atoms with Crippen LogP contribution in [0.2, 0.25) is 0 Å². The molecule has 0 aliphatic heterocycles.